The highest BCUT2D eigenvalue weighted by molar-refractivity contribution is 9.10. The van der Waals surface area contributed by atoms with Gasteiger partial charge in [-0.25, -0.2) is 0 Å². The van der Waals surface area contributed by atoms with Crippen molar-refractivity contribution in [2.45, 2.75) is 4.90 Å². The average molecular weight is 552 g/mol. The maximum absolute atomic E-state index is 12.7. The van der Waals surface area contributed by atoms with Crippen LogP contribution in [0.5, 0.6) is 5.75 Å². The summed E-state index contributed by atoms with van der Waals surface area (Å²) in [5.41, 5.74) is 0.339. The highest BCUT2D eigenvalue weighted by Crippen LogP contribution is 2.29. The van der Waals surface area contributed by atoms with Gasteiger partial charge < -0.3 is 9.50 Å². The topological polar surface area (TPSA) is 96.3 Å². The van der Waals surface area contributed by atoms with Crippen molar-refractivity contribution in [1.82, 2.24) is 0 Å². The molecule has 162 valence electrons. The summed E-state index contributed by atoms with van der Waals surface area (Å²) in [7, 11) is -4.18. The highest BCUT2D eigenvalue weighted by Gasteiger charge is 2.19. The van der Waals surface area contributed by atoms with Crippen LogP contribution in [-0.2, 0) is 14.9 Å². The van der Waals surface area contributed by atoms with Gasteiger partial charge in [-0.15, -0.1) is 0 Å². The lowest BCUT2D eigenvalue weighted by Gasteiger charge is -2.11. The molecule has 0 saturated heterocycles. The number of benzene rings is 3. The van der Waals surface area contributed by atoms with E-state index in [-0.39, 0.29) is 21.8 Å². The van der Waals surface area contributed by atoms with Crippen molar-refractivity contribution < 1.29 is 17.4 Å². The van der Waals surface area contributed by atoms with E-state index < -0.39 is 16.0 Å². The number of anilines is 1. The lowest BCUT2D eigenvalue weighted by atomic mass is 10.1. The van der Waals surface area contributed by atoms with Crippen LogP contribution < -0.4 is 9.50 Å². The van der Waals surface area contributed by atoms with Crippen LogP contribution in [0.2, 0.25) is 10.0 Å². The first-order chi connectivity index (χ1) is 15.2. The zero-order valence-electron chi connectivity index (χ0n) is 16.1. The van der Waals surface area contributed by atoms with Gasteiger partial charge in [-0.05, 0) is 66.7 Å². The molecule has 0 spiro atoms. The Bertz CT molecular complexity index is 1350. The SMILES string of the molecule is N#C/C(=C\c1cc(Br)ccc1OS(=O)(=O)c1ccc(Cl)cc1)C(=O)Nc1cccc(Cl)c1. The third-order valence-electron chi connectivity index (χ3n) is 4.02. The molecule has 3 aromatic carbocycles. The quantitative estimate of drug-likeness (QED) is 0.228. The van der Waals surface area contributed by atoms with Gasteiger partial charge in [-0.2, -0.15) is 13.7 Å². The number of halogens is 3. The van der Waals surface area contributed by atoms with E-state index in [0.717, 1.165) is 0 Å². The Kier molecular flexibility index (Phi) is 7.59. The Balaban J connectivity index is 1.94. The van der Waals surface area contributed by atoms with Gasteiger partial charge in [0.15, 0.2) is 0 Å². The van der Waals surface area contributed by atoms with E-state index in [0.29, 0.717) is 20.2 Å². The van der Waals surface area contributed by atoms with Gasteiger partial charge in [0.2, 0.25) is 0 Å². The second-order valence-corrected chi connectivity index (χ2v) is 9.64. The Hall–Kier alpha value is -2.83. The van der Waals surface area contributed by atoms with Gasteiger partial charge in [-0.3, -0.25) is 4.79 Å². The lowest BCUT2D eigenvalue weighted by molar-refractivity contribution is -0.112. The van der Waals surface area contributed by atoms with E-state index in [9.17, 15) is 18.5 Å². The summed E-state index contributed by atoms with van der Waals surface area (Å²) < 4.78 is 31.2. The summed E-state index contributed by atoms with van der Waals surface area (Å²) in [6.07, 6.45) is 1.23. The maximum atomic E-state index is 12.7. The third kappa shape index (κ3) is 6.11. The molecule has 0 fully saturated rings. The fourth-order valence-corrected chi connectivity index (χ4v) is 4.19. The molecule has 0 unspecified atom stereocenters. The maximum Gasteiger partial charge on any atom is 0.339 e. The van der Waals surface area contributed by atoms with Gasteiger partial charge >= 0.3 is 10.1 Å². The number of rotatable bonds is 6. The number of hydrogen-bond acceptors (Lipinski definition) is 5. The molecule has 0 aromatic heterocycles. The van der Waals surface area contributed by atoms with E-state index >= 15 is 0 Å². The van der Waals surface area contributed by atoms with Gasteiger partial charge in [0.1, 0.15) is 22.3 Å². The number of carbonyl (C=O) groups excluding carboxylic acids is 1. The first kappa shape index (κ1) is 23.8. The molecule has 0 aliphatic rings. The average Bonchev–Trinajstić information content (AvgIpc) is 2.74. The molecular weight excluding hydrogens is 539 g/mol. The van der Waals surface area contributed by atoms with Crippen LogP contribution in [0.3, 0.4) is 0 Å². The van der Waals surface area contributed by atoms with Crippen molar-refractivity contribution in [1.29, 1.82) is 5.26 Å². The molecule has 32 heavy (non-hydrogen) atoms. The smallest absolute Gasteiger partial charge is 0.339 e. The molecular formula is C22H13BrCl2N2O4S. The summed E-state index contributed by atoms with van der Waals surface area (Å²) in [4.78, 5) is 12.5. The zero-order valence-corrected chi connectivity index (χ0v) is 20.0. The van der Waals surface area contributed by atoms with Crippen LogP contribution in [0.25, 0.3) is 6.08 Å². The molecule has 0 saturated carbocycles. The minimum Gasteiger partial charge on any atom is -0.378 e. The molecule has 0 atom stereocenters. The van der Waals surface area contributed by atoms with E-state index in [1.807, 2.05) is 6.07 Å². The summed E-state index contributed by atoms with van der Waals surface area (Å²) in [5.74, 6) is -0.757. The van der Waals surface area contributed by atoms with Crippen molar-refractivity contribution in [3.8, 4) is 11.8 Å². The predicted molar refractivity (Wildman–Crippen MR) is 127 cm³/mol. The fraction of sp³-hybridized carbons (Fsp3) is 0. The van der Waals surface area contributed by atoms with E-state index in [2.05, 4.69) is 21.2 Å². The van der Waals surface area contributed by atoms with Gasteiger partial charge in [0.25, 0.3) is 5.91 Å². The Morgan fingerprint density at radius 3 is 2.41 bits per heavy atom. The lowest BCUT2D eigenvalue weighted by Crippen LogP contribution is -2.14. The van der Waals surface area contributed by atoms with Gasteiger partial charge in [0, 0.05) is 25.8 Å². The van der Waals surface area contributed by atoms with Crippen molar-refractivity contribution in [3.05, 3.63) is 92.4 Å². The number of carbonyl (C=O) groups is 1. The number of nitrogens with one attached hydrogen (secondary N) is 1. The number of hydrogen-bond donors (Lipinski definition) is 1. The largest absolute Gasteiger partial charge is 0.378 e. The monoisotopic (exact) mass is 550 g/mol. The van der Waals surface area contributed by atoms with Crippen molar-refractivity contribution in [3.63, 3.8) is 0 Å². The third-order valence-corrected chi connectivity index (χ3v) is 6.25. The van der Waals surface area contributed by atoms with Crippen molar-refractivity contribution >= 4 is 66.9 Å². The molecule has 1 N–H and O–H groups in total. The van der Waals surface area contributed by atoms with Crippen LogP contribution in [0.4, 0.5) is 5.69 Å². The molecule has 0 aliphatic heterocycles. The summed E-state index contributed by atoms with van der Waals surface area (Å²) in [6.45, 7) is 0. The molecule has 6 nitrogen and oxygen atoms in total. The van der Waals surface area contributed by atoms with Crippen LogP contribution in [-0.4, -0.2) is 14.3 Å². The summed E-state index contributed by atoms with van der Waals surface area (Å²) >= 11 is 15.0. The molecule has 10 heteroatoms. The van der Waals surface area contributed by atoms with Crippen molar-refractivity contribution in [2.75, 3.05) is 5.32 Å². The molecule has 0 bridgehead atoms. The predicted octanol–water partition coefficient (Wildman–Crippen LogP) is 6.07. The second-order valence-electron chi connectivity index (χ2n) is 6.31. The van der Waals surface area contributed by atoms with E-state index in [1.165, 1.54) is 48.5 Å². The summed E-state index contributed by atoms with van der Waals surface area (Å²) in [6, 6.07) is 18.2. The van der Waals surface area contributed by atoms with Crippen LogP contribution >= 0.6 is 39.1 Å². The molecule has 0 radical (unpaired) electrons. The van der Waals surface area contributed by atoms with Gasteiger partial charge in [0.05, 0.1) is 0 Å². The number of nitriles is 1. The minimum atomic E-state index is -4.18. The standard InChI is InChI=1S/C22H13BrCl2N2O4S/c23-16-4-9-21(31-32(29,30)20-7-5-17(24)6-8-20)14(11-16)10-15(13-26)22(28)27-19-3-1-2-18(25)12-19/h1-12H,(H,27,28)/b15-10+. The summed E-state index contributed by atoms with van der Waals surface area (Å²) in [5, 5.41) is 12.9. The van der Waals surface area contributed by atoms with E-state index in [4.69, 9.17) is 27.4 Å². The Labute approximate surface area is 203 Å². The van der Waals surface area contributed by atoms with Gasteiger partial charge in [-0.1, -0.05) is 45.2 Å². The second kappa shape index (κ2) is 10.2. The number of amides is 1. The minimum absolute atomic E-state index is 0.0635. The fourth-order valence-electron chi connectivity index (χ4n) is 2.54. The first-order valence-corrected chi connectivity index (χ1v) is 11.8. The normalized spacial score (nSPS) is 11.5. The van der Waals surface area contributed by atoms with Crippen LogP contribution in [0.1, 0.15) is 5.56 Å². The zero-order chi connectivity index (χ0) is 23.3. The molecule has 0 heterocycles. The number of nitrogens with zero attached hydrogens (tertiary/aromatic N) is 1. The van der Waals surface area contributed by atoms with Crippen LogP contribution in [0.15, 0.2) is 81.7 Å². The highest BCUT2D eigenvalue weighted by atomic mass is 79.9. The van der Waals surface area contributed by atoms with Crippen LogP contribution in [0, 0.1) is 11.3 Å². The Morgan fingerprint density at radius 1 is 1.03 bits per heavy atom. The molecule has 3 rings (SSSR count). The van der Waals surface area contributed by atoms with Crippen molar-refractivity contribution in [2.24, 2.45) is 0 Å². The molecule has 1 amide bonds. The molecule has 3 aromatic rings. The van der Waals surface area contributed by atoms with E-state index in [1.54, 1.807) is 24.3 Å². The Morgan fingerprint density at radius 2 is 1.75 bits per heavy atom. The molecule has 0 aliphatic carbocycles. The first-order valence-electron chi connectivity index (χ1n) is 8.86.